The Bertz CT molecular complexity index is 883. The molecule has 1 amide bonds. The van der Waals surface area contributed by atoms with Crippen molar-refractivity contribution < 1.29 is 4.79 Å². The number of amides is 1. The summed E-state index contributed by atoms with van der Waals surface area (Å²) >= 11 is 3.35. The molecule has 0 spiro atoms. The Morgan fingerprint density at radius 2 is 2.08 bits per heavy atom. The quantitative estimate of drug-likeness (QED) is 0.620. The number of carbonyl (C=O) groups excluding carboxylic acids is 1. The van der Waals surface area contributed by atoms with Gasteiger partial charge in [0.1, 0.15) is 0 Å². The van der Waals surface area contributed by atoms with Gasteiger partial charge in [0.15, 0.2) is 11.0 Å². The smallest absolute Gasteiger partial charge is 0.251 e. The minimum atomic E-state index is 0.0259. The van der Waals surface area contributed by atoms with Crippen LogP contribution in [0.2, 0.25) is 0 Å². The Balaban J connectivity index is 1.41. The molecule has 2 aromatic heterocycles. The highest BCUT2D eigenvalue weighted by molar-refractivity contribution is 7.98. The Morgan fingerprint density at radius 1 is 1.27 bits per heavy atom. The van der Waals surface area contributed by atoms with Gasteiger partial charge in [0.05, 0.1) is 4.88 Å². The lowest BCUT2D eigenvalue weighted by Crippen LogP contribution is -2.25. The van der Waals surface area contributed by atoms with Gasteiger partial charge in [0, 0.05) is 23.9 Å². The summed E-state index contributed by atoms with van der Waals surface area (Å²) in [6.45, 7) is 2.95. The maximum Gasteiger partial charge on any atom is 0.251 e. The second-order valence-corrected chi connectivity index (χ2v) is 8.15. The zero-order valence-electron chi connectivity index (χ0n) is 14.5. The summed E-state index contributed by atoms with van der Waals surface area (Å²) < 4.78 is 2.15. The number of nitrogens with zero attached hydrogens (tertiary/aromatic N) is 3. The van der Waals surface area contributed by atoms with Crippen LogP contribution in [0, 0.1) is 0 Å². The first-order chi connectivity index (χ1) is 12.7. The second-order valence-electron chi connectivity index (χ2n) is 6.26. The molecule has 134 valence electrons. The summed E-state index contributed by atoms with van der Waals surface area (Å²) in [5.74, 6) is 1.75. The second kappa shape index (κ2) is 7.63. The van der Waals surface area contributed by atoms with E-state index >= 15 is 0 Å². The molecule has 5 nitrogen and oxygen atoms in total. The van der Waals surface area contributed by atoms with E-state index in [-0.39, 0.29) is 5.91 Å². The molecule has 1 aromatic carbocycles. The van der Waals surface area contributed by atoms with Crippen molar-refractivity contribution in [2.24, 2.45) is 0 Å². The van der Waals surface area contributed by atoms with E-state index in [0.717, 1.165) is 46.6 Å². The first kappa shape index (κ1) is 17.3. The van der Waals surface area contributed by atoms with Crippen LogP contribution in [-0.4, -0.2) is 26.7 Å². The van der Waals surface area contributed by atoms with E-state index in [1.54, 1.807) is 23.1 Å². The van der Waals surface area contributed by atoms with Crippen LogP contribution in [0.1, 0.15) is 35.7 Å². The number of aromatic nitrogens is 3. The molecule has 1 saturated carbocycles. The normalized spacial score (nSPS) is 13.7. The number of thiophene rings is 1. The first-order valence-corrected chi connectivity index (χ1v) is 10.6. The fourth-order valence-electron chi connectivity index (χ4n) is 2.67. The van der Waals surface area contributed by atoms with Gasteiger partial charge in [-0.2, -0.15) is 0 Å². The Hall–Kier alpha value is -2.12. The van der Waals surface area contributed by atoms with Gasteiger partial charge in [-0.05, 0) is 48.9 Å². The van der Waals surface area contributed by atoms with Crippen LogP contribution in [0.3, 0.4) is 0 Å². The lowest BCUT2D eigenvalue weighted by molar-refractivity contribution is 0.0951. The molecule has 0 radical (unpaired) electrons. The number of thioether (sulfide) groups is 1. The highest BCUT2D eigenvalue weighted by Crippen LogP contribution is 2.28. The van der Waals surface area contributed by atoms with Crippen molar-refractivity contribution in [2.45, 2.75) is 43.3 Å². The SMILES string of the molecule is CCn1c(SCc2ccc(C(=O)NC3CC3)cc2)nnc1-c1cccs1. The third-order valence-electron chi connectivity index (χ3n) is 4.27. The van der Waals surface area contributed by atoms with Crippen molar-refractivity contribution in [3.8, 4) is 10.7 Å². The van der Waals surface area contributed by atoms with Crippen molar-refractivity contribution in [2.75, 3.05) is 0 Å². The number of benzene rings is 1. The lowest BCUT2D eigenvalue weighted by atomic mass is 10.1. The van der Waals surface area contributed by atoms with Gasteiger partial charge >= 0.3 is 0 Å². The molecular weight excluding hydrogens is 364 g/mol. The van der Waals surface area contributed by atoms with Crippen molar-refractivity contribution in [3.05, 3.63) is 52.9 Å². The van der Waals surface area contributed by atoms with Gasteiger partial charge in [-0.25, -0.2) is 0 Å². The van der Waals surface area contributed by atoms with Crippen LogP contribution < -0.4 is 5.32 Å². The molecule has 0 atom stereocenters. The van der Waals surface area contributed by atoms with Gasteiger partial charge in [-0.3, -0.25) is 4.79 Å². The topological polar surface area (TPSA) is 59.8 Å². The first-order valence-electron chi connectivity index (χ1n) is 8.74. The highest BCUT2D eigenvalue weighted by atomic mass is 32.2. The Morgan fingerprint density at radius 3 is 2.73 bits per heavy atom. The number of hydrogen-bond donors (Lipinski definition) is 1. The van der Waals surface area contributed by atoms with Crippen molar-refractivity contribution in [1.29, 1.82) is 0 Å². The summed E-state index contributed by atoms with van der Waals surface area (Å²) in [5.41, 5.74) is 1.89. The fourth-order valence-corrected chi connectivity index (χ4v) is 4.34. The summed E-state index contributed by atoms with van der Waals surface area (Å²) in [6, 6.07) is 12.3. The van der Waals surface area contributed by atoms with E-state index in [9.17, 15) is 4.79 Å². The van der Waals surface area contributed by atoms with Crippen LogP contribution in [0.15, 0.2) is 46.9 Å². The Kier molecular flexibility index (Phi) is 5.08. The van der Waals surface area contributed by atoms with Crippen LogP contribution in [0.25, 0.3) is 10.7 Å². The van der Waals surface area contributed by atoms with Crippen molar-refractivity contribution >= 4 is 29.0 Å². The molecule has 2 heterocycles. The minimum Gasteiger partial charge on any atom is -0.349 e. The van der Waals surface area contributed by atoms with E-state index in [0.29, 0.717) is 6.04 Å². The van der Waals surface area contributed by atoms with Crippen LogP contribution >= 0.6 is 23.1 Å². The van der Waals surface area contributed by atoms with Gasteiger partial charge < -0.3 is 9.88 Å². The van der Waals surface area contributed by atoms with Gasteiger partial charge in [-0.15, -0.1) is 21.5 Å². The van der Waals surface area contributed by atoms with E-state index < -0.39 is 0 Å². The van der Waals surface area contributed by atoms with Crippen molar-refractivity contribution in [3.63, 3.8) is 0 Å². The van der Waals surface area contributed by atoms with Gasteiger partial charge in [-0.1, -0.05) is 30.0 Å². The van der Waals surface area contributed by atoms with Gasteiger partial charge in [0.25, 0.3) is 5.91 Å². The number of hydrogen-bond acceptors (Lipinski definition) is 5. The predicted molar refractivity (Wildman–Crippen MR) is 106 cm³/mol. The van der Waals surface area contributed by atoms with E-state index in [1.807, 2.05) is 30.3 Å². The number of rotatable bonds is 7. The zero-order valence-corrected chi connectivity index (χ0v) is 16.1. The molecule has 1 fully saturated rings. The third-order valence-corrected chi connectivity index (χ3v) is 6.17. The number of nitrogens with one attached hydrogen (secondary N) is 1. The van der Waals surface area contributed by atoms with E-state index in [1.165, 1.54) is 5.56 Å². The zero-order chi connectivity index (χ0) is 17.9. The molecule has 1 N–H and O–H groups in total. The van der Waals surface area contributed by atoms with Crippen molar-refractivity contribution in [1.82, 2.24) is 20.1 Å². The minimum absolute atomic E-state index is 0.0259. The molecule has 3 aromatic rings. The molecular formula is C19H20N4OS2. The van der Waals surface area contributed by atoms with Gasteiger partial charge in [0.2, 0.25) is 0 Å². The Labute approximate surface area is 160 Å². The summed E-state index contributed by atoms with van der Waals surface area (Å²) in [5, 5.41) is 14.7. The predicted octanol–water partition coefficient (Wildman–Crippen LogP) is 4.21. The standard InChI is InChI=1S/C19H20N4OS2/c1-2-23-17(16-4-3-11-25-16)21-22-19(23)26-12-13-5-7-14(8-6-13)18(24)20-15-9-10-15/h3-8,11,15H,2,9-10,12H2,1H3,(H,20,24). The molecule has 0 unspecified atom stereocenters. The van der Waals surface area contributed by atoms with Crippen LogP contribution in [-0.2, 0) is 12.3 Å². The summed E-state index contributed by atoms with van der Waals surface area (Å²) in [6.07, 6.45) is 2.21. The molecule has 0 bridgehead atoms. The summed E-state index contributed by atoms with van der Waals surface area (Å²) in [7, 11) is 0. The molecule has 7 heteroatoms. The maximum atomic E-state index is 12.0. The fraction of sp³-hybridized carbons (Fsp3) is 0.316. The monoisotopic (exact) mass is 384 g/mol. The molecule has 26 heavy (non-hydrogen) atoms. The van der Waals surface area contributed by atoms with Crippen LogP contribution in [0.4, 0.5) is 0 Å². The maximum absolute atomic E-state index is 12.0. The molecule has 0 aliphatic heterocycles. The lowest BCUT2D eigenvalue weighted by Gasteiger charge is -2.07. The van der Waals surface area contributed by atoms with Crippen LogP contribution in [0.5, 0.6) is 0 Å². The van der Waals surface area contributed by atoms with E-state index in [4.69, 9.17) is 0 Å². The number of carbonyl (C=O) groups is 1. The van der Waals surface area contributed by atoms with E-state index in [2.05, 4.69) is 38.5 Å². The molecule has 1 aliphatic rings. The summed E-state index contributed by atoms with van der Waals surface area (Å²) in [4.78, 5) is 13.2. The largest absolute Gasteiger partial charge is 0.349 e. The average Bonchev–Trinajstić information content (AvgIpc) is 3.16. The molecule has 1 aliphatic carbocycles. The average molecular weight is 385 g/mol. The molecule has 4 rings (SSSR count). The molecule has 0 saturated heterocycles. The third kappa shape index (κ3) is 3.83. The highest BCUT2D eigenvalue weighted by Gasteiger charge is 2.23.